The molecule has 4 rings (SSSR count). The van der Waals surface area contributed by atoms with Crippen molar-refractivity contribution in [1.29, 1.82) is 0 Å². The van der Waals surface area contributed by atoms with Gasteiger partial charge in [-0.3, -0.25) is 14.5 Å². The summed E-state index contributed by atoms with van der Waals surface area (Å²) in [6.07, 6.45) is -2.94. The average Bonchev–Trinajstić information content (AvgIpc) is 3.10. The molecule has 0 radical (unpaired) electrons. The van der Waals surface area contributed by atoms with Crippen LogP contribution in [0.2, 0.25) is 0 Å². The van der Waals surface area contributed by atoms with Gasteiger partial charge in [0, 0.05) is 11.9 Å². The molecule has 0 saturated carbocycles. The van der Waals surface area contributed by atoms with E-state index in [1.807, 2.05) is 0 Å². The summed E-state index contributed by atoms with van der Waals surface area (Å²) in [5, 5.41) is 0. The van der Waals surface area contributed by atoms with Gasteiger partial charge in [0.05, 0.1) is 28.9 Å². The van der Waals surface area contributed by atoms with Crippen LogP contribution in [0.25, 0.3) is 5.65 Å². The van der Waals surface area contributed by atoms with Gasteiger partial charge in [0.1, 0.15) is 5.65 Å². The van der Waals surface area contributed by atoms with Gasteiger partial charge in [-0.1, -0.05) is 12.1 Å². The van der Waals surface area contributed by atoms with Gasteiger partial charge in [-0.25, -0.2) is 4.98 Å². The van der Waals surface area contributed by atoms with Crippen molar-refractivity contribution in [3.05, 3.63) is 70.7 Å². The number of amides is 2. The van der Waals surface area contributed by atoms with Gasteiger partial charge < -0.3 is 4.40 Å². The second-order valence-electron chi connectivity index (χ2n) is 6.09. The third kappa shape index (κ3) is 2.45. The Bertz CT molecular complexity index is 1030. The molecule has 0 bridgehead atoms. The van der Waals surface area contributed by atoms with Crippen LogP contribution in [0.5, 0.6) is 0 Å². The van der Waals surface area contributed by atoms with Crippen LogP contribution >= 0.6 is 0 Å². The van der Waals surface area contributed by atoms with E-state index in [2.05, 4.69) is 4.98 Å². The number of benzene rings is 1. The summed E-state index contributed by atoms with van der Waals surface area (Å²) in [4.78, 5) is 30.0. The number of imide groups is 1. The average molecular weight is 359 g/mol. The van der Waals surface area contributed by atoms with Crippen LogP contribution in [0.15, 0.2) is 42.6 Å². The standard InChI is InChI=1S/C18H12F3N3O2/c1-10-6-11(18(19,20)21)7-15-22-12(8-23(10)15)9-24-16(25)13-4-2-3-5-14(13)17(24)26/h2-8H,9H2,1H3. The molecular weight excluding hydrogens is 347 g/mol. The molecule has 1 aliphatic heterocycles. The number of imidazole rings is 1. The molecule has 26 heavy (non-hydrogen) atoms. The normalized spacial score (nSPS) is 14.4. The molecule has 8 heteroatoms. The molecule has 132 valence electrons. The van der Waals surface area contributed by atoms with Gasteiger partial charge in [0.15, 0.2) is 0 Å². The number of carbonyl (C=O) groups excluding carboxylic acids is 2. The number of halogens is 3. The first-order valence-corrected chi connectivity index (χ1v) is 7.77. The van der Waals surface area contributed by atoms with E-state index in [-0.39, 0.29) is 12.2 Å². The Kier molecular flexibility index (Phi) is 3.40. The van der Waals surface area contributed by atoms with E-state index in [1.165, 1.54) is 17.5 Å². The van der Waals surface area contributed by atoms with Crippen molar-refractivity contribution < 1.29 is 22.8 Å². The SMILES string of the molecule is Cc1cc(C(F)(F)F)cc2nc(CN3C(=O)c4ccccc4C3=O)cn12. The van der Waals surface area contributed by atoms with Gasteiger partial charge in [-0.2, -0.15) is 13.2 Å². The Balaban J connectivity index is 1.70. The number of carbonyl (C=O) groups is 2. The Labute approximate surface area is 145 Å². The van der Waals surface area contributed by atoms with E-state index in [1.54, 1.807) is 24.3 Å². The predicted octanol–water partition coefficient (Wildman–Crippen LogP) is 3.46. The van der Waals surface area contributed by atoms with Crippen molar-refractivity contribution in [2.24, 2.45) is 0 Å². The predicted molar refractivity (Wildman–Crippen MR) is 85.6 cm³/mol. The number of rotatable bonds is 2. The molecule has 3 aromatic rings. The van der Waals surface area contributed by atoms with Crippen molar-refractivity contribution >= 4 is 17.5 Å². The summed E-state index contributed by atoms with van der Waals surface area (Å²) in [6.45, 7) is 1.44. The lowest BCUT2D eigenvalue weighted by atomic mass is 10.1. The largest absolute Gasteiger partial charge is 0.416 e. The number of aryl methyl sites for hydroxylation is 1. The van der Waals surface area contributed by atoms with Gasteiger partial charge in [-0.15, -0.1) is 0 Å². The fourth-order valence-corrected chi connectivity index (χ4v) is 3.09. The second-order valence-corrected chi connectivity index (χ2v) is 6.09. The molecule has 0 fully saturated rings. The van der Waals surface area contributed by atoms with Crippen molar-refractivity contribution in [3.63, 3.8) is 0 Å². The van der Waals surface area contributed by atoms with Crippen LogP contribution in [-0.2, 0) is 12.7 Å². The zero-order chi connectivity index (χ0) is 18.6. The summed E-state index contributed by atoms with van der Waals surface area (Å²) in [5.41, 5.74) is 0.649. The molecule has 3 heterocycles. The van der Waals surface area contributed by atoms with Crippen molar-refractivity contribution in [2.45, 2.75) is 19.6 Å². The van der Waals surface area contributed by atoms with E-state index in [0.717, 1.165) is 17.0 Å². The number of aromatic nitrogens is 2. The van der Waals surface area contributed by atoms with E-state index in [0.29, 0.717) is 22.5 Å². The Morgan fingerprint density at radius 1 is 1.04 bits per heavy atom. The fraction of sp³-hybridized carbons (Fsp3) is 0.167. The van der Waals surface area contributed by atoms with Crippen LogP contribution in [-0.4, -0.2) is 26.1 Å². The highest BCUT2D eigenvalue weighted by Crippen LogP contribution is 2.31. The van der Waals surface area contributed by atoms with E-state index >= 15 is 0 Å². The maximum atomic E-state index is 12.9. The van der Waals surface area contributed by atoms with Gasteiger partial charge >= 0.3 is 6.18 Å². The lowest BCUT2D eigenvalue weighted by molar-refractivity contribution is -0.137. The van der Waals surface area contributed by atoms with Gasteiger partial charge in [0.2, 0.25) is 0 Å². The van der Waals surface area contributed by atoms with Crippen LogP contribution < -0.4 is 0 Å². The Hall–Kier alpha value is -3.16. The molecule has 2 amide bonds. The van der Waals surface area contributed by atoms with Crippen molar-refractivity contribution in [2.75, 3.05) is 0 Å². The summed E-state index contributed by atoms with van der Waals surface area (Å²) in [7, 11) is 0. The third-order valence-corrected chi connectivity index (χ3v) is 4.34. The Morgan fingerprint density at radius 2 is 1.65 bits per heavy atom. The lowest BCUT2D eigenvalue weighted by Crippen LogP contribution is -2.29. The van der Waals surface area contributed by atoms with Crippen LogP contribution in [0, 0.1) is 6.92 Å². The highest BCUT2D eigenvalue weighted by Gasteiger charge is 2.36. The summed E-state index contributed by atoms with van der Waals surface area (Å²) in [5.74, 6) is -0.870. The van der Waals surface area contributed by atoms with E-state index < -0.39 is 23.6 Å². The minimum absolute atomic E-state index is 0.102. The smallest absolute Gasteiger partial charge is 0.304 e. The monoisotopic (exact) mass is 359 g/mol. The topological polar surface area (TPSA) is 54.7 Å². The molecule has 0 saturated heterocycles. The fourth-order valence-electron chi connectivity index (χ4n) is 3.09. The third-order valence-electron chi connectivity index (χ3n) is 4.34. The van der Waals surface area contributed by atoms with Crippen molar-refractivity contribution in [1.82, 2.24) is 14.3 Å². The molecule has 0 unspecified atom stereocenters. The number of alkyl halides is 3. The van der Waals surface area contributed by atoms with Gasteiger partial charge in [0.25, 0.3) is 11.8 Å². The molecule has 2 aromatic heterocycles. The number of fused-ring (bicyclic) bond motifs is 2. The molecule has 0 spiro atoms. The number of nitrogens with zero attached hydrogens (tertiary/aromatic N) is 3. The summed E-state index contributed by atoms with van der Waals surface area (Å²) < 4.78 is 40.4. The quantitative estimate of drug-likeness (QED) is 0.659. The van der Waals surface area contributed by atoms with E-state index in [4.69, 9.17) is 0 Å². The first-order valence-electron chi connectivity index (χ1n) is 7.77. The minimum Gasteiger partial charge on any atom is -0.304 e. The van der Waals surface area contributed by atoms with E-state index in [9.17, 15) is 22.8 Å². The lowest BCUT2D eigenvalue weighted by Gasteiger charge is -2.11. The summed E-state index contributed by atoms with van der Waals surface area (Å²) in [6, 6.07) is 8.44. The highest BCUT2D eigenvalue weighted by atomic mass is 19.4. The zero-order valence-corrected chi connectivity index (χ0v) is 13.5. The molecule has 0 atom stereocenters. The minimum atomic E-state index is -4.47. The molecule has 0 N–H and O–H groups in total. The maximum Gasteiger partial charge on any atom is 0.416 e. The molecule has 1 aliphatic rings. The van der Waals surface area contributed by atoms with Crippen LogP contribution in [0.3, 0.4) is 0 Å². The van der Waals surface area contributed by atoms with Gasteiger partial charge in [-0.05, 0) is 31.2 Å². The highest BCUT2D eigenvalue weighted by molar-refractivity contribution is 6.21. The second kappa shape index (κ2) is 5.42. The van der Waals surface area contributed by atoms with Crippen LogP contribution in [0.4, 0.5) is 13.2 Å². The first-order chi connectivity index (χ1) is 12.3. The van der Waals surface area contributed by atoms with Crippen molar-refractivity contribution in [3.8, 4) is 0 Å². The maximum absolute atomic E-state index is 12.9. The Morgan fingerprint density at radius 3 is 2.23 bits per heavy atom. The molecule has 1 aromatic carbocycles. The number of hydrogen-bond donors (Lipinski definition) is 0. The molecule has 0 aliphatic carbocycles. The first kappa shape index (κ1) is 16.3. The van der Waals surface area contributed by atoms with Crippen LogP contribution in [0.1, 0.15) is 37.7 Å². The number of hydrogen-bond acceptors (Lipinski definition) is 3. The number of pyridine rings is 1. The summed E-state index contributed by atoms with van der Waals surface area (Å²) >= 11 is 0. The zero-order valence-electron chi connectivity index (χ0n) is 13.5. The molecule has 5 nitrogen and oxygen atoms in total. The molecular formula is C18H12F3N3O2.